The summed E-state index contributed by atoms with van der Waals surface area (Å²) < 4.78 is 0. The maximum Gasteiger partial charge on any atom is 0.193 e. The van der Waals surface area contributed by atoms with Gasteiger partial charge in [0.15, 0.2) is 5.96 Å². The van der Waals surface area contributed by atoms with Crippen LogP contribution in [0.2, 0.25) is 5.02 Å². The minimum absolute atomic E-state index is 0.290. The number of rotatable bonds is 6. The first-order chi connectivity index (χ1) is 13.1. The van der Waals surface area contributed by atoms with Crippen molar-refractivity contribution in [1.82, 2.24) is 20.1 Å². The van der Waals surface area contributed by atoms with E-state index < -0.39 is 0 Å². The molecule has 1 atom stereocenters. The number of nitrogens with one attached hydrogen (secondary N) is 1. The Balaban J connectivity index is 1.67. The van der Waals surface area contributed by atoms with Crippen LogP contribution in [-0.4, -0.2) is 54.5 Å². The Kier molecular flexibility index (Phi) is 7.10. The van der Waals surface area contributed by atoms with Crippen LogP contribution < -0.4 is 5.32 Å². The fraction of sp³-hybridized carbons (Fsp3) is 0.500. The highest BCUT2D eigenvalue weighted by Crippen LogP contribution is 2.26. The molecule has 0 radical (unpaired) electrons. The maximum atomic E-state index is 6.25. The Labute approximate surface area is 171 Å². The topological polar surface area (TPSA) is 43.8 Å². The second-order valence-corrected chi connectivity index (χ2v) is 8.45. The summed E-state index contributed by atoms with van der Waals surface area (Å²) in [6.45, 7) is 5.84. The third-order valence-electron chi connectivity index (χ3n) is 4.91. The molecule has 5 nitrogen and oxygen atoms in total. The molecule has 0 spiro atoms. The van der Waals surface area contributed by atoms with Crippen LogP contribution in [-0.2, 0) is 6.54 Å². The van der Waals surface area contributed by atoms with E-state index in [4.69, 9.17) is 11.6 Å². The molecule has 1 unspecified atom stereocenters. The molecule has 0 saturated carbocycles. The Morgan fingerprint density at radius 1 is 1.41 bits per heavy atom. The summed E-state index contributed by atoms with van der Waals surface area (Å²) in [5.41, 5.74) is 2.33. The van der Waals surface area contributed by atoms with E-state index in [1.54, 1.807) is 11.3 Å². The molecule has 1 aliphatic rings. The van der Waals surface area contributed by atoms with Crippen molar-refractivity contribution in [1.29, 1.82) is 0 Å². The molecule has 2 heterocycles. The van der Waals surface area contributed by atoms with Gasteiger partial charge in [-0.25, -0.2) is 4.98 Å². The van der Waals surface area contributed by atoms with E-state index in [1.807, 2.05) is 33.2 Å². The first-order valence-corrected chi connectivity index (χ1v) is 10.6. The summed E-state index contributed by atoms with van der Waals surface area (Å²) in [4.78, 5) is 13.7. The Bertz CT molecular complexity index is 769. The van der Waals surface area contributed by atoms with Gasteiger partial charge in [-0.05, 0) is 50.6 Å². The smallest absolute Gasteiger partial charge is 0.193 e. The fourth-order valence-corrected chi connectivity index (χ4v) is 4.40. The van der Waals surface area contributed by atoms with Crippen LogP contribution in [0.3, 0.4) is 0 Å². The van der Waals surface area contributed by atoms with Crippen LogP contribution >= 0.6 is 22.9 Å². The molecule has 0 bridgehead atoms. The van der Waals surface area contributed by atoms with Crippen LogP contribution in [0, 0.1) is 6.92 Å². The van der Waals surface area contributed by atoms with Gasteiger partial charge < -0.3 is 10.2 Å². The van der Waals surface area contributed by atoms with Crippen molar-refractivity contribution in [2.45, 2.75) is 32.4 Å². The molecule has 1 aromatic carbocycles. The zero-order valence-electron chi connectivity index (χ0n) is 16.3. The summed E-state index contributed by atoms with van der Waals surface area (Å²) >= 11 is 7.93. The number of halogens is 1. The van der Waals surface area contributed by atoms with Gasteiger partial charge in [0.2, 0.25) is 0 Å². The van der Waals surface area contributed by atoms with Crippen LogP contribution in [0.5, 0.6) is 0 Å². The highest BCUT2D eigenvalue weighted by atomic mass is 35.5. The molecule has 1 saturated heterocycles. The van der Waals surface area contributed by atoms with Crippen molar-refractivity contribution in [2.24, 2.45) is 4.99 Å². The standard InChI is InChI=1S/C20H28ClN5S/c1-15-24-18(14-27-15)13-25(3)20(22-2)23-12-19(26-9-4-5-10-26)16-7-6-8-17(21)11-16/h6-8,11,14,19H,4-5,9-10,12-13H2,1-3H3,(H,22,23). The van der Waals surface area contributed by atoms with E-state index in [9.17, 15) is 0 Å². The number of aromatic nitrogens is 1. The Morgan fingerprint density at radius 2 is 2.19 bits per heavy atom. The summed E-state index contributed by atoms with van der Waals surface area (Å²) in [6.07, 6.45) is 2.52. The first-order valence-electron chi connectivity index (χ1n) is 9.39. The van der Waals surface area contributed by atoms with E-state index in [0.717, 1.165) is 47.9 Å². The number of thiazole rings is 1. The fourth-order valence-electron chi connectivity index (χ4n) is 3.60. The number of aliphatic imine (C=N–C) groups is 1. The van der Waals surface area contributed by atoms with Gasteiger partial charge in [0.05, 0.1) is 23.3 Å². The Hall–Kier alpha value is -1.63. The summed E-state index contributed by atoms with van der Waals surface area (Å²) in [5.74, 6) is 0.881. The van der Waals surface area contributed by atoms with Crippen LogP contribution in [0.4, 0.5) is 0 Å². The SMILES string of the molecule is CN=C(NCC(c1cccc(Cl)c1)N1CCCC1)N(C)Cc1csc(C)n1. The zero-order valence-corrected chi connectivity index (χ0v) is 17.9. The molecule has 1 N–H and O–H groups in total. The average molecular weight is 406 g/mol. The number of likely N-dealkylation sites (tertiary alicyclic amines) is 1. The van der Waals surface area contributed by atoms with Crippen LogP contribution in [0.1, 0.15) is 35.1 Å². The molecule has 146 valence electrons. The van der Waals surface area contributed by atoms with Crippen LogP contribution in [0.25, 0.3) is 0 Å². The maximum absolute atomic E-state index is 6.25. The lowest BCUT2D eigenvalue weighted by atomic mass is 10.1. The largest absolute Gasteiger partial charge is 0.354 e. The third kappa shape index (κ3) is 5.43. The van der Waals surface area contributed by atoms with E-state index >= 15 is 0 Å². The van der Waals surface area contributed by atoms with Gasteiger partial charge in [-0.2, -0.15) is 0 Å². The quantitative estimate of drug-likeness (QED) is 0.583. The lowest BCUT2D eigenvalue weighted by molar-refractivity contribution is 0.244. The van der Waals surface area contributed by atoms with Crippen LogP contribution in [0.15, 0.2) is 34.6 Å². The van der Waals surface area contributed by atoms with Crippen molar-refractivity contribution >= 4 is 28.9 Å². The van der Waals surface area contributed by atoms with Gasteiger partial charge in [0, 0.05) is 31.0 Å². The lowest BCUT2D eigenvalue weighted by Crippen LogP contribution is -2.43. The molecular weight excluding hydrogens is 378 g/mol. The molecule has 0 aliphatic carbocycles. The van der Waals surface area contributed by atoms with Gasteiger partial charge >= 0.3 is 0 Å². The van der Waals surface area contributed by atoms with Gasteiger partial charge in [-0.3, -0.25) is 9.89 Å². The highest BCUT2D eigenvalue weighted by Gasteiger charge is 2.24. The highest BCUT2D eigenvalue weighted by molar-refractivity contribution is 7.09. The average Bonchev–Trinajstić information content (AvgIpc) is 3.31. The predicted molar refractivity (Wildman–Crippen MR) is 115 cm³/mol. The van der Waals surface area contributed by atoms with Crippen molar-refractivity contribution in [2.75, 3.05) is 33.7 Å². The molecule has 1 fully saturated rings. The van der Waals surface area contributed by atoms with E-state index in [2.05, 4.69) is 42.6 Å². The minimum atomic E-state index is 0.290. The van der Waals surface area contributed by atoms with Gasteiger partial charge in [0.1, 0.15) is 0 Å². The predicted octanol–water partition coefficient (Wildman–Crippen LogP) is 3.95. The van der Waals surface area contributed by atoms with Crippen molar-refractivity contribution in [3.05, 3.63) is 50.9 Å². The monoisotopic (exact) mass is 405 g/mol. The number of aryl methyl sites for hydroxylation is 1. The number of hydrogen-bond acceptors (Lipinski definition) is 4. The van der Waals surface area contributed by atoms with Gasteiger partial charge in [0.25, 0.3) is 0 Å². The molecule has 27 heavy (non-hydrogen) atoms. The minimum Gasteiger partial charge on any atom is -0.354 e. The summed E-state index contributed by atoms with van der Waals surface area (Å²) in [7, 11) is 3.88. The normalized spacial score (nSPS) is 16.5. The number of nitrogens with zero attached hydrogens (tertiary/aromatic N) is 4. The molecule has 2 aromatic rings. The number of hydrogen-bond donors (Lipinski definition) is 1. The number of benzene rings is 1. The van der Waals surface area contributed by atoms with E-state index in [-0.39, 0.29) is 6.04 Å². The zero-order chi connectivity index (χ0) is 19.2. The number of guanidine groups is 1. The third-order valence-corrected chi connectivity index (χ3v) is 5.96. The Morgan fingerprint density at radius 3 is 2.81 bits per heavy atom. The van der Waals surface area contributed by atoms with E-state index in [0.29, 0.717) is 0 Å². The van der Waals surface area contributed by atoms with Gasteiger partial charge in [-0.1, -0.05) is 23.7 Å². The van der Waals surface area contributed by atoms with Crippen molar-refractivity contribution in [3.63, 3.8) is 0 Å². The molecule has 3 rings (SSSR count). The lowest BCUT2D eigenvalue weighted by Gasteiger charge is -2.30. The molecule has 1 aliphatic heterocycles. The summed E-state index contributed by atoms with van der Waals surface area (Å²) in [5, 5.41) is 7.55. The molecule has 7 heteroatoms. The first kappa shape index (κ1) is 20.1. The molecule has 0 amide bonds. The van der Waals surface area contributed by atoms with Gasteiger partial charge in [-0.15, -0.1) is 11.3 Å². The summed E-state index contributed by atoms with van der Waals surface area (Å²) in [6, 6.07) is 8.50. The molecule has 1 aromatic heterocycles. The second kappa shape index (κ2) is 9.53. The second-order valence-electron chi connectivity index (χ2n) is 6.96. The van der Waals surface area contributed by atoms with Crippen molar-refractivity contribution in [3.8, 4) is 0 Å². The van der Waals surface area contributed by atoms with E-state index in [1.165, 1.54) is 18.4 Å². The van der Waals surface area contributed by atoms with Crippen molar-refractivity contribution < 1.29 is 0 Å². The molecular formula is C20H28ClN5S.